The zero-order valence-electron chi connectivity index (χ0n) is 13.9. The van der Waals surface area contributed by atoms with E-state index < -0.39 is 0 Å². The summed E-state index contributed by atoms with van der Waals surface area (Å²) in [7, 11) is 1.72. The van der Waals surface area contributed by atoms with E-state index in [-0.39, 0.29) is 11.5 Å². The molecule has 1 amide bonds. The molecule has 128 valence electrons. The van der Waals surface area contributed by atoms with Gasteiger partial charge in [0, 0.05) is 37.5 Å². The molecule has 1 fully saturated rings. The predicted octanol–water partition coefficient (Wildman–Crippen LogP) is 1.17. The second-order valence-corrected chi connectivity index (χ2v) is 6.06. The van der Waals surface area contributed by atoms with Gasteiger partial charge in [-0.1, -0.05) is 12.1 Å². The molecule has 1 saturated heterocycles. The summed E-state index contributed by atoms with van der Waals surface area (Å²) in [6, 6.07) is 7.43. The fourth-order valence-electron chi connectivity index (χ4n) is 3.08. The lowest BCUT2D eigenvalue weighted by molar-refractivity contribution is 0.0303. The Kier molecular flexibility index (Phi) is 3.85. The van der Waals surface area contributed by atoms with E-state index in [1.54, 1.807) is 39.6 Å². The average Bonchev–Trinajstić information content (AvgIpc) is 3.15. The Labute approximate surface area is 144 Å². The van der Waals surface area contributed by atoms with Gasteiger partial charge in [-0.05, 0) is 12.1 Å². The third-order valence-corrected chi connectivity index (χ3v) is 4.48. The van der Waals surface area contributed by atoms with Crippen LogP contribution in [0.5, 0.6) is 0 Å². The molecule has 7 nitrogen and oxygen atoms in total. The number of hydrogen-bond donors (Lipinski definition) is 0. The van der Waals surface area contributed by atoms with Crippen molar-refractivity contribution in [2.75, 3.05) is 26.3 Å². The van der Waals surface area contributed by atoms with Gasteiger partial charge in [-0.15, -0.1) is 0 Å². The molecular weight excluding hydrogens is 320 g/mol. The van der Waals surface area contributed by atoms with E-state index in [0.29, 0.717) is 37.4 Å². The fourth-order valence-corrected chi connectivity index (χ4v) is 3.08. The minimum absolute atomic E-state index is 0.0167. The summed E-state index contributed by atoms with van der Waals surface area (Å²) in [5.41, 5.74) is 2.84. The largest absolute Gasteiger partial charge is 0.378 e. The van der Waals surface area contributed by atoms with Crippen molar-refractivity contribution >= 4 is 11.4 Å². The van der Waals surface area contributed by atoms with Crippen LogP contribution in [-0.4, -0.2) is 51.1 Å². The highest BCUT2D eigenvalue weighted by Gasteiger charge is 2.18. The predicted molar refractivity (Wildman–Crippen MR) is 92.6 cm³/mol. The quantitative estimate of drug-likeness (QED) is 0.703. The van der Waals surface area contributed by atoms with Crippen LogP contribution in [0.25, 0.3) is 16.8 Å². The van der Waals surface area contributed by atoms with Crippen LogP contribution >= 0.6 is 0 Å². The number of ether oxygens (including phenoxy) is 1. The van der Waals surface area contributed by atoms with E-state index in [0.717, 1.165) is 11.3 Å². The van der Waals surface area contributed by atoms with Gasteiger partial charge in [-0.3, -0.25) is 14.0 Å². The molecule has 0 radical (unpaired) electrons. The van der Waals surface area contributed by atoms with Crippen molar-refractivity contribution in [1.29, 1.82) is 0 Å². The van der Waals surface area contributed by atoms with Crippen molar-refractivity contribution in [2.45, 2.75) is 0 Å². The first-order chi connectivity index (χ1) is 12.1. The van der Waals surface area contributed by atoms with E-state index in [2.05, 4.69) is 4.98 Å². The SMILES string of the molecule is Cn1cc(-c2ccc(C(=O)N3CCOCC3)cc2)n2cncc2c1=O. The molecule has 1 aliphatic rings. The molecule has 25 heavy (non-hydrogen) atoms. The van der Waals surface area contributed by atoms with Gasteiger partial charge >= 0.3 is 0 Å². The number of amides is 1. The smallest absolute Gasteiger partial charge is 0.276 e. The number of rotatable bonds is 2. The van der Waals surface area contributed by atoms with E-state index in [9.17, 15) is 9.59 Å². The van der Waals surface area contributed by atoms with Crippen molar-refractivity contribution in [3.8, 4) is 11.3 Å². The summed E-state index contributed by atoms with van der Waals surface area (Å²) in [6.45, 7) is 2.41. The molecule has 2 aromatic heterocycles. The number of aryl methyl sites for hydroxylation is 1. The minimum Gasteiger partial charge on any atom is -0.378 e. The average molecular weight is 338 g/mol. The number of imidazole rings is 1. The fraction of sp³-hybridized carbons (Fsp3) is 0.278. The lowest BCUT2D eigenvalue weighted by atomic mass is 10.1. The van der Waals surface area contributed by atoms with Gasteiger partial charge in [0.15, 0.2) is 0 Å². The topological polar surface area (TPSA) is 68.8 Å². The number of benzene rings is 1. The molecule has 4 rings (SSSR count). The molecule has 0 unspecified atom stereocenters. The highest BCUT2D eigenvalue weighted by Crippen LogP contribution is 2.20. The van der Waals surface area contributed by atoms with Crippen LogP contribution in [0.4, 0.5) is 0 Å². The molecule has 3 aromatic rings. The lowest BCUT2D eigenvalue weighted by Gasteiger charge is -2.26. The van der Waals surface area contributed by atoms with Crippen LogP contribution in [0.2, 0.25) is 0 Å². The van der Waals surface area contributed by atoms with Gasteiger partial charge in [0.2, 0.25) is 0 Å². The second kappa shape index (κ2) is 6.18. The number of nitrogens with zero attached hydrogens (tertiary/aromatic N) is 4. The molecule has 0 bridgehead atoms. The third-order valence-electron chi connectivity index (χ3n) is 4.48. The summed E-state index contributed by atoms with van der Waals surface area (Å²) in [5.74, 6) is 0.0167. The van der Waals surface area contributed by atoms with Gasteiger partial charge in [-0.2, -0.15) is 0 Å². The maximum atomic E-state index is 12.5. The van der Waals surface area contributed by atoms with Crippen molar-refractivity contribution in [1.82, 2.24) is 18.9 Å². The number of fused-ring (bicyclic) bond motifs is 1. The first-order valence-electron chi connectivity index (χ1n) is 8.14. The number of aromatic nitrogens is 3. The molecule has 1 aliphatic heterocycles. The first-order valence-corrected chi connectivity index (χ1v) is 8.14. The van der Waals surface area contributed by atoms with Crippen molar-refractivity contribution in [3.05, 3.63) is 58.9 Å². The van der Waals surface area contributed by atoms with Gasteiger partial charge in [-0.25, -0.2) is 4.98 Å². The van der Waals surface area contributed by atoms with Gasteiger partial charge in [0.25, 0.3) is 11.5 Å². The van der Waals surface area contributed by atoms with Gasteiger partial charge in [0.1, 0.15) is 5.52 Å². The van der Waals surface area contributed by atoms with E-state index in [1.165, 1.54) is 0 Å². The summed E-state index contributed by atoms with van der Waals surface area (Å²) in [5, 5.41) is 0. The first kappa shape index (κ1) is 15.6. The van der Waals surface area contributed by atoms with E-state index in [4.69, 9.17) is 4.74 Å². The van der Waals surface area contributed by atoms with E-state index in [1.807, 2.05) is 24.3 Å². The molecule has 0 atom stereocenters. The normalized spacial score (nSPS) is 14.8. The van der Waals surface area contributed by atoms with Crippen LogP contribution in [-0.2, 0) is 11.8 Å². The third kappa shape index (κ3) is 2.72. The molecule has 0 N–H and O–H groups in total. The number of morpholine rings is 1. The number of carbonyl (C=O) groups excluding carboxylic acids is 1. The Bertz CT molecular complexity index is 982. The van der Waals surface area contributed by atoms with Crippen molar-refractivity contribution < 1.29 is 9.53 Å². The highest BCUT2D eigenvalue weighted by atomic mass is 16.5. The molecular formula is C18H18N4O3. The van der Waals surface area contributed by atoms with Gasteiger partial charge < -0.3 is 14.2 Å². The Morgan fingerprint density at radius 1 is 1.16 bits per heavy atom. The molecule has 7 heteroatoms. The molecule has 0 spiro atoms. The van der Waals surface area contributed by atoms with Crippen molar-refractivity contribution in [3.63, 3.8) is 0 Å². The maximum Gasteiger partial charge on any atom is 0.276 e. The lowest BCUT2D eigenvalue weighted by Crippen LogP contribution is -2.40. The monoisotopic (exact) mass is 338 g/mol. The van der Waals surface area contributed by atoms with Crippen LogP contribution in [0.3, 0.4) is 0 Å². The molecule has 1 aromatic carbocycles. The summed E-state index contributed by atoms with van der Waals surface area (Å²) < 4.78 is 8.59. The number of carbonyl (C=O) groups is 1. The zero-order valence-corrected chi connectivity index (χ0v) is 13.9. The van der Waals surface area contributed by atoms with Crippen LogP contribution in [0.15, 0.2) is 47.8 Å². The summed E-state index contributed by atoms with van der Waals surface area (Å²) in [4.78, 5) is 30.5. The van der Waals surface area contributed by atoms with Crippen LogP contribution in [0.1, 0.15) is 10.4 Å². The van der Waals surface area contributed by atoms with Crippen LogP contribution in [0, 0.1) is 0 Å². The summed E-state index contributed by atoms with van der Waals surface area (Å²) >= 11 is 0. The summed E-state index contributed by atoms with van der Waals surface area (Å²) in [6.07, 6.45) is 4.96. The Morgan fingerprint density at radius 2 is 1.88 bits per heavy atom. The van der Waals surface area contributed by atoms with Crippen LogP contribution < -0.4 is 5.56 Å². The molecule has 0 saturated carbocycles. The highest BCUT2D eigenvalue weighted by molar-refractivity contribution is 5.94. The molecule has 3 heterocycles. The Hall–Kier alpha value is -2.93. The Morgan fingerprint density at radius 3 is 2.60 bits per heavy atom. The zero-order chi connectivity index (χ0) is 17.4. The Balaban J connectivity index is 1.69. The second-order valence-electron chi connectivity index (χ2n) is 6.06. The van der Waals surface area contributed by atoms with Crippen molar-refractivity contribution in [2.24, 2.45) is 7.05 Å². The van der Waals surface area contributed by atoms with Gasteiger partial charge in [0.05, 0.1) is 31.4 Å². The maximum absolute atomic E-state index is 12.5. The van der Waals surface area contributed by atoms with E-state index >= 15 is 0 Å². The number of hydrogen-bond acceptors (Lipinski definition) is 4. The molecule has 0 aliphatic carbocycles. The minimum atomic E-state index is -0.0969. The standard InChI is InChI=1S/C18H18N4O3/c1-20-11-16(22-12-19-10-15(22)18(20)24)13-2-4-14(5-3-13)17(23)21-6-8-25-9-7-21/h2-5,10-12H,6-9H2,1H3.